The fourth-order valence-electron chi connectivity index (χ4n) is 2.51. The van der Waals surface area contributed by atoms with Crippen LogP contribution in [-0.2, 0) is 9.59 Å². The lowest BCUT2D eigenvalue weighted by molar-refractivity contribution is -0.137. The first-order valence-electron chi connectivity index (χ1n) is 6.80. The summed E-state index contributed by atoms with van der Waals surface area (Å²) in [5.41, 5.74) is 5.67. The number of hydrogen-bond acceptors (Lipinski definition) is 3. The fraction of sp³-hybridized carbons (Fsp3) is 0.846. The Morgan fingerprint density at radius 3 is 2.78 bits per heavy atom. The molecule has 0 aliphatic heterocycles. The second kappa shape index (κ2) is 7.36. The Labute approximate surface area is 108 Å². The molecule has 1 saturated carbocycles. The lowest BCUT2D eigenvalue weighted by Gasteiger charge is -2.29. The van der Waals surface area contributed by atoms with Crippen LogP contribution in [0.1, 0.15) is 51.9 Å². The van der Waals surface area contributed by atoms with E-state index in [0.29, 0.717) is 5.92 Å². The molecule has 0 aromatic carbocycles. The number of carbonyl (C=O) groups is 2. The summed E-state index contributed by atoms with van der Waals surface area (Å²) in [6, 6.07) is -0.491. The van der Waals surface area contributed by atoms with E-state index in [9.17, 15) is 9.59 Å². The molecule has 104 valence electrons. The minimum Gasteiger partial charge on any atom is -0.481 e. The second-order valence-corrected chi connectivity index (χ2v) is 5.19. The van der Waals surface area contributed by atoms with Gasteiger partial charge in [-0.15, -0.1) is 0 Å². The molecule has 3 atom stereocenters. The number of nitrogens with two attached hydrogens (primary N) is 1. The third-order valence-electron chi connectivity index (χ3n) is 3.71. The second-order valence-electron chi connectivity index (χ2n) is 5.19. The number of carbonyl (C=O) groups excluding carboxylic acids is 1. The molecule has 0 heterocycles. The molecule has 0 spiro atoms. The maximum Gasteiger partial charge on any atom is 0.303 e. The number of amides is 1. The summed E-state index contributed by atoms with van der Waals surface area (Å²) in [5, 5.41) is 11.5. The molecular weight excluding hydrogens is 232 g/mol. The van der Waals surface area contributed by atoms with Crippen LogP contribution in [0.5, 0.6) is 0 Å². The highest BCUT2D eigenvalue weighted by Crippen LogP contribution is 2.26. The highest BCUT2D eigenvalue weighted by Gasteiger charge is 2.24. The van der Waals surface area contributed by atoms with Crippen LogP contribution in [0.4, 0.5) is 0 Å². The van der Waals surface area contributed by atoms with Gasteiger partial charge in [-0.2, -0.15) is 0 Å². The zero-order chi connectivity index (χ0) is 13.5. The van der Waals surface area contributed by atoms with Crippen molar-refractivity contribution in [2.24, 2.45) is 11.7 Å². The summed E-state index contributed by atoms with van der Waals surface area (Å²) in [5.74, 6) is -0.431. The molecule has 3 unspecified atom stereocenters. The van der Waals surface area contributed by atoms with Gasteiger partial charge in [-0.05, 0) is 25.2 Å². The smallest absolute Gasteiger partial charge is 0.303 e. The number of rotatable bonds is 6. The first-order chi connectivity index (χ1) is 8.52. The van der Waals surface area contributed by atoms with E-state index in [0.717, 1.165) is 25.7 Å². The van der Waals surface area contributed by atoms with Gasteiger partial charge in [0.25, 0.3) is 0 Å². The molecule has 18 heavy (non-hydrogen) atoms. The van der Waals surface area contributed by atoms with Gasteiger partial charge >= 0.3 is 5.97 Å². The zero-order valence-corrected chi connectivity index (χ0v) is 11.0. The maximum atomic E-state index is 11.8. The number of aliphatic carboxylic acids is 1. The molecule has 5 heteroatoms. The average molecular weight is 256 g/mol. The summed E-state index contributed by atoms with van der Waals surface area (Å²) in [4.78, 5) is 22.2. The molecule has 1 fully saturated rings. The van der Waals surface area contributed by atoms with Crippen LogP contribution in [0.2, 0.25) is 0 Å². The van der Waals surface area contributed by atoms with Crippen molar-refractivity contribution in [3.05, 3.63) is 0 Å². The van der Waals surface area contributed by atoms with E-state index >= 15 is 0 Å². The molecule has 5 nitrogen and oxygen atoms in total. The highest BCUT2D eigenvalue weighted by molar-refractivity contribution is 5.82. The van der Waals surface area contributed by atoms with Crippen LogP contribution in [0.15, 0.2) is 0 Å². The van der Waals surface area contributed by atoms with E-state index in [2.05, 4.69) is 12.2 Å². The van der Waals surface area contributed by atoms with Gasteiger partial charge in [0.05, 0.1) is 6.04 Å². The lowest BCUT2D eigenvalue weighted by atomic mass is 9.84. The third kappa shape index (κ3) is 5.04. The average Bonchev–Trinajstić information content (AvgIpc) is 2.36. The Morgan fingerprint density at radius 1 is 1.44 bits per heavy atom. The molecule has 0 aromatic heterocycles. The molecule has 4 N–H and O–H groups in total. The molecule has 0 radical (unpaired) electrons. The van der Waals surface area contributed by atoms with Gasteiger partial charge in [0.1, 0.15) is 0 Å². The molecule has 0 bridgehead atoms. The summed E-state index contributed by atoms with van der Waals surface area (Å²) in [6.45, 7) is 2.17. The summed E-state index contributed by atoms with van der Waals surface area (Å²) in [6.07, 6.45) is 5.71. The van der Waals surface area contributed by atoms with Crippen molar-refractivity contribution in [1.29, 1.82) is 0 Å². The van der Waals surface area contributed by atoms with Crippen LogP contribution < -0.4 is 11.1 Å². The topological polar surface area (TPSA) is 92.4 Å². The summed E-state index contributed by atoms with van der Waals surface area (Å²) >= 11 is 0. The quantitative estimate of drug-likeness (QED) is 0.667. The van der Waals surface area contributed by atoms with Crippen LogP contribution in [0.3, 0.4) is 0 Å². The molecule has 1 rings (SSSR count). The van der Waals surface area contributed by atoms with Crippen molar-refractivity contribution >= 4 is 11.9 Å². The van der Waals surface area contributed by atoms with Gasteiger partial charge < -0.3 is 16.2 Å². The number of carboxylic acids is 1. The van der Waals surface area contributed by atoms with E-state index in [-0.39, 0.29) is 24.8 Å². The van der Waals surface area contributed by atoms with E-state index in [1.165, 1.54) is 6.42 Å². The molecule has 1 aliphatic carbocycles. The molecule has 1 aliphatic rings. The van der Waals surface area contributed by atoms with Gasteiger partial charge in [0, 0.05) is 12.5 Å². The van der Waals surface area contributed by atoms with Crippen LogP contribution in [0.25, 0.3) is 0 Å². The molecule has 0 saturated heterocycles. The predicted molar refractivity (Wildman–Crippen MR) is 69.0 cm³/mol. The van der Waals surface area contributed by atoms with E-state index in [1.54, 1.807) is 0 Å². The number of hydrogen-bond donors (Lipinski definition) is 3. The molecule has 0 aromatic rings. The zero-order valence-electron chi connectivity index (χ0n) is 11.0. The number of carboxylic acid groups (broad SMARTS) is 1. The van der Waals surface area contributed by atoms with E-state index in [1.807, 2.05) is 0 Å². The number of nitrogens with one attached hydrogen (secondary N) is 1. The summed E-state index contributed by atoms with van der Waals surface area (Å²) in [7, 11) is 0. The van der Waals surface area contributed by atoms with Crippen molar-refractivity contribution < 1.29 is 14.7 Å². The Morgan fingerprint density at radius 2 is 2.17 bits per heavy atom. The fourth-order valence-corrected chi connectivity index (χ4v) is 2.51. The Hall–Kier alpha value is -1.10. The van der Waals surface area contributed by atoms with Gasteiger partial charge in [0.2, 0.25) is 5.91 Å². The third-order valence-corrected chi connectivity index (χ3v) is 3.71. The van der Waals surface area contributed by atoms with Crippen LogP contribution in [-0.4, -0.2) is 29.1 Å². The monoisotopic (exact) mass is 256 g/mol. The van der Waals surface area contributed by atoms with Gasteiger partial charge in [-0.3, -0.25) is 9.59 Å². The minimum absolute atomic E-state index is 0.0587. The minimum atomic E-state index is -0.915. The van der Waals surface area contributed by atoms with Crippen molar-refractivity contribution in [3.63, 3.8) is 0 Å². The highest BCUT2D eigenvalue weighted by atomic mass is 16.4. The van der Waals surface area contributed by atoms with Crippen molar-refractivity contribution in [3.8, 4) is 0 Å². The molecular formula is C13H24N2O3. The Bertz CT molecular complexity index is 294. The SMILES string of the molecule is CCC1CCCC(NC(=O)C(N)CCC(=O)O)C1. The predicted octanol–water partition coefficient (Wildman–Crippen LogP) is 1.26. The largest absolute Gasteiger partial charge is 0.481 e. The van der Waals surface area contributed by atoms with E-state index in [4.69, 9.17) is 10.8 Å². The Balaban J connectivity index is 2.32. The van der Waals surface area contributed by atoms with Gasteiger partial charge in [-0.1, -0.05) is 26.2 Å². The maximum absolute atomic E-state index is 11.8. The van der Waals surface area contributed by atoms with Crippen LogP contribution >= 0.6 is 0 Å². The van der Waals surface area contributed by atoms with Crippen LogP contribution in [0, 0.1) is 5.92 Å². The molecule has 1 amide bonds. The first kappa shape index (κ1) is 15.0. The van der Waals surface area contributed by atoms with Gasteiger partial charge in [0.15, 0.2) is 0 Å². The van der Waals surface area contributed by atoms with Gasteiger partial charge in [-0.25, -0.2) is 0 Å². The van der Waals surface area contributed by atoms with Crippen molar-refractivity contribution in [1.82, 2.24) is 5.32 Å². The Kier molecular flexibility index (Phi) is 6.12. The summed E-state index contributed by atoms with van der Waals surface area (Å²) < 4.78 is 0. The van der Waals surface area contributed by atoms with E-state index < -0.39 is 12.0 Å². The standard InChI is InChI=1S/C13H24N2O3/c1-2-9-4-3-5-10(8-9)15-13(18)11(14)6-7-12(16)17/h9-11H,2-8,14H2,1H3,(H,15,18)(H,16,17). The normalized spacial score (nSPS) is 25.4. The first-order valence-corrected chi connectivity index (χ1v) is 6.80. The van der Waals surface area contributed by atoms with Crippen molar-refractivity contribution in [2.75, 3.05) is 0 Å². The lowest BCUT2D eigenvalue weighted by Crippen LogP contribution is -2.47. The van der Waals surface area contributed by atoms with Crippen molar-refractivity contribution in [2.45, 2.75) is 64.0 Å².